The van der Waals surface area contributed by atoms with Gasteiger partial charge in [-0.2, -0.15) is 0 Å². The zero-order valence-corrected chi connectivity index (χ0v) is 4.83. The van der Waals surface area contributed by atoms with Crippen molar-refractivity contribution in [2.75, 3.05) is 0 Å². The summed E-state index contributed by atoms with van der Waals surface area (Å²) in [7, 11) is 0. The first-order valence-corrected chi connectivity index (χ1v) is 2.87. The van der Waals surface area contributed by atoms with Gasteiger partial charge in [0.25, 0.3) is 0 Å². The molecule has 0 radical (unpaired) electrons. The lowest BCUT2D eigenvalue weighted by Crippen LogP contribution is -1.86. The van der Waals surface area contributed by atoms with Crippen molar-refractivity contribution in [2.24, 2.45) is 0 Å². The number of aromatic hydroxyl groups is 1. The summed E-state index contributed by atoms with van der Waals surface area (Å²) in [6.45, 7) is 0. The molecule has 0 fully saturated rings. The Labute approximate surface area is 53.3 Å². The summed E-state index contributed by atoms with van der Waals surface area (Å²) in [5.74, 6) is 0.345. The molecule has 1 nitrogen and oxygen atoms in total. The van der Waals surface area contributed by atoms with Crippen molar-refractivity contribution in [3.8, 4) is 5.75 Å². The second-order valence-electron chi connectivity index (χ2n) is 2.15. The first kappa shape index (κ1) is 4.62. The number of hydrogen-bond acceptors (Lipinski definition) is 1. The first-order valence-electron chi connectivity index (χ1n) is 2.87. The maximum Gasteiger partial charge on any atom is 0.116 e. The maximum absolute atomic E-state index is 8.94. The molecule has 0 saturated carbocycles. The topological polar surface area (TPSA) is 20.2 Å². The fourth-order valence-electron chi connectivity index (χ4n) is 0.942. The molecule has 2 rings (SSSR count). The van der Waals surface area contributed by atoms with Gasteiger partial charge in [0.05, 0.1) is 0 Å². The van der Waals surface area contributed by atoms with Crippen molar-refractivity contribution in [2.45, 2.75) is 0 Å². The van der Waals surface area contributed by atoms with Crippen LogP contribution in [-0.4, -0.2) is 5.11 Å². The second-order valence-corrected chi connectivity index (χ2v) is 2.15. The van der Waals surface area contributed by atoms with Crippen LogP contribution in [0.3, 0.4) is 0 Å². The Bertz CT molecular complexity index is 274. The molecule has 0 unspecified atom stereocenters. The predicted molar refractivity (Wildman–Crippen MR) is 37.0 cm³/mol. The average molecular weight is 118 g/mol. The fraction of sp³-hybridized carbons (Fsp3) is 0. The highest BCUT2D eigenvalue weighted by Gasteiger charge is 2.03. The van der Waals surface area contributed by atoms with E-state index in [4.69, 9.17) is 5.11 Å². The molecule has 1 aliphatic carbocycles. The zero-order chi connectivity index (χ0) is 6.27. The molecular weight excluding hydrogens is 112 g/mol. The Morgan fingerprint density at radius 3 is 2.22 bits per heavy atom. The zero-order valence-electron chi connectivity index (χ0n) is 4.83. The van der Waals surface area contributed by atoms with Crippen LogP contribution in [-0.2, 0) is 0 Å². The summed E-state index contributed by atoms with van der Waals surface area (Å²) in [6, 6.07) is 5.36. The Hall–Kier alpha value is -1.24. The number of rotatable bonds is 0. The molecule has 0 aromatic heterocycles. The molecule has 0 aliphatic heterocycles. The molecule has 1 N–H and O–H groups in total. The third kappa shape index (κ3) is 0.545. The van der Waals surface area contributed by atoms with Gasteiger partial charge in [-0.15, -0.1) is 0 Å². The molecular formula is C8H6O. The minimum Gasteiger partial charge on any atom is -0.508 e. The summed E-state index contributed by atoms with van der Waals surface area (Å²) in [4.78, 5) is 0. The van der Waals surface area contributed by atoms with Crippen LogP contribution in [0.25, 0.3) is 12.2 Å². The summed E-state index contributed by atoms with van der Waals surface area (Å²) in [5, 5.41) is 8.94. The number of hydrogen-bond donors (Lipinski definition) is 1. The van der Waals surface area contributed by atoms with Crippen LogP contribution in [0.2, 0.25) is 0 Å². The largest absolute Gasteiger partial charge is 0.508 e. The van der Waals surface area contributed by atoms with Crippen LogP contribution in [0.4, 0.5) is 0 Å². The van der Waals surface area contributed by atoms with Gasteiger partial charge in [0.2, 0.25) is 0 Å². The number of phenolic OH excluding ortho intramolecular Hbond substituents is 1. The molecule has 0 bridgehead atoms. The van der Waals surface area contributed by atoms with E-state index in [1.165, 1.54) is 5.56 Å². The van der Waals surface area contributed by atoms with Gasteiger partial charge in [-0.1, -0.05) is 18.2 Å². The van der Waals surface area contributed by atoms with E-state index in [1.807, 2.05) is 18.2 Å². The van der Waals surface area contributed by atoms with Crippen molar-refractivity contribution in [3.63, 3.8) is 0 Å². The lowest BCUT2D eigenvalue weighted by molar-refractivity contribution is 0.475. The second kappa shape index (κ2) is 1.38. The number of benzene rings is 1. The van der Waals surface area contributed by atoms with E-state index in [-0.39, 0.29) is 0 Å². The van der Waals surface area contributed by atoms with E-state index < -0.39 is 0 Å². The first-order chi connectivity index (χ1) is 4.36. The summed E-state index contributed by atoms with van der Waals surface area (Å²) in [6.07, 6.45) is 4.00. The van der Waals surface area contributed by atoms with Gasteiger partial charge >= 0.3 is 0 Å². The van der Waals surface area contributed by atoms with Gasteiger partial charge in [0.15, 0.2) is 0 Å². The maximum atomic E-state index is 8.94. The standard InChI is InChI=1S/C8H6O/c9-8-4-3-6-1-2-7(6)5-8/h1-5,9H. The van der Waals surface area contributed by atoms with Gasteiger partial charge in [0.1, 0.15) is 5.75 Å². The highest BCUT2D eigenvalue weighted by molar-refractivity contribution is 5.86. The lowest BCUT2D eigenvalue weighted by Gasteiger charge is -2.08. The minimum absolute atomic E-state index is 0.345. The number of phenols is 1. The van der Waals surface area contributed by atoms with Crippen LogP contribution in [0.5, 0.6) is 5.75 Å². The molecule has 1 heteroatoms. The summed E-state index contributed by atoms with van der Waals surface area (Å²) >= 11 is 0. The average Bonchev–Trinajstić information content (AvgIpc) is 1.78. The minimum atomic E-state index is 0.345. The Kier molecular flexibility index (Phi) is 0.707. The highest BCUT2D eigenvalue weighted by Crippen LogP contribution is 2.26. The van der Waals surface area contributed by atoms with Crippen LogP contribution >= 0.6 is 0 Å². The molecule has 9 heavy (non-hydrogen) atoms. The van der Waals surface area contributed by atoms with Crippen LogP contribution < -0.4 is 0 Å². The molecule has 1 aliphatic rings. The molecule has 44 valence electrons. The van der Waals surface area contributed by atoms with Crippen molar-refractivity contribution in [3.05, 3.63) is 29.3 Å². The predicted octanol–water partition coefficient (Wildman–Crippen LogP) is 1.88. The molecule has 0 heterocycles. The molecule has 1 aromatic rings. The van der Waals surface area contributed by atoms with E-state index in [0.717, 1.165) is 5.56 Å². The van der Waals surface area contributed by atoms with Gasteiger partial charge in [-0.05, 0) is 23.3 Å². The van der Waals surface area contributed by atoms with E-state index in [1.54, 1.807) is 12.1 Å². The van der Waals surface area contributed by atoms with Crippen LogP contribution in [0.15, 0.2) is 18.2 Å². The molecule has 0 spiro atoms. The van der Waals surface area contributed by atoms with Crippen molar-refractivity contribution >= 4 is 12.2 Å². The van der Waals surface area contributed by atoms with Gasteiger partial charge in [0, 0.05) is 0 Å². The van der Waals surface area contributed by atoms with Crippen molar-refractivity contribution < 1.29 is 5.11 Å². The van der Waals surface area contributed by atoms with E-state index in [0.29, 0.717) is 5.75 Å². The fourth-order valence-corrected chi connectivity index (χ4v) is 0.942. The SMILES string of the molecule is Oc1ccc2c(c1)C=C2. The Morgan fingerprint density at radius 2 is 1.78 bits per heavy atom. The molecule has 0 amide bonds. The van der Waals surface area contributed by atoms with Gasteiger partial charge in [-0.25, -0.2) is 0 Å². The molecule has 0 atom stereocenters. The number of fused-ring (bicyclic) bond motifs is 1. The Morgan fingerprint density at radius 1 is 1.00 bits per heavy atom. The van der Waals surface area contributed by atoms with E-state index in [9.17, 15) is 0 Å². The van der Waals surface area contributed by atoms with E-state index in [2.05, 4.69) is 0 Å². The summed E-state index contributed by atoms with van der Waals surface area (Å²) < 4.78 is 0. The van der Waals surface area contributed by atoms with Gasteiger partial charge in [-0.3, -0.25) is 0 Å². The van der Waals surface area contributed by atoms with Crippen molar-refractivity contribution in [1.29, 1.82) is 0 Å². The third-order valence-electron chi connectivity index (χ3n) is 1.51. The highest BCUT2D eigenvalue weighted by atomic mass is 16.3. The Balaban J connectivity index is 2.63. The van der Waals surface area contributed by atoms with Crippen LogP contribution in [0.1, 0.15) is 11.1 Å². The third-order valence-corrected chi connectivity index (χ3v) is 1.51. The summed E-state index contributed by atoms with van der Waals surface area (Å²) in [5.41, 5.74) is 2.35. The van der Waals surface area contributed by atoms with Crippen molar-refractivity contribution in [1.82, 2.24) is 0 Å². The smallest absolute Gasteiger partial charge is 0.116 e. The quantitative estimate of drug-likeness (QED) is 0.560. The lowest BCUT2D eigenvalue weighted by atomic mass is 9.98. The molecule has 0 saturated heterocycles. The van der Waals surface area contributed by atoms with E-state index >= 15 is 0 Å². The van der Waals surface area contributed by atoms with Crippen LogP contribution in [0, 0.1) is 0 Å². The molecule has 1 aromatic carbocycles. The monoisotopic (exact) mass is 118 g/mol. The van der Waals surface area contributed by atoms with Gasteiger partial charge < -0.3 is 5.11 Å². The normalized spacial score (nSPS) is 12.4.